The average Bonchev–Trinajstić information content (AvgIpc) is 2.26. The van der Waals surface area contributed by atoms with Crippen LogP contribution in [0.2, 0.25) is 0 Å². The molecule has 0 saturated heterocycles. The van der Waals surface area contributed by atoms with E-state index in [1.165, 1.54) is 6.92 Å². The van der Waals surface area contributed by atoms with Crippen molar-refractivity contribution in [1.82, 2.24) is 5.32 Å². The van der Waals surface area contributed by atoms with Crippen molar-refractivity contribution < 1.29 is 19.4 Å². The van der Waals surface area contributed by atoms with Gasteiger partial charge in [0.05, 0.1) is 6.10 Å². The number of benzene rings is 1. The molecular formula is C13H16BrNO4. The third kappa shape index (κ3) is 4.90. The lowest BCUT2D eigenvalue weighted by Crippen LogP contribution is -2.38. The normalized spacial score (nSPS) is 12.1. The number of carboxylic acid groups (broad SMARTS) is 1. The van der Waals surface area contributed by atoms with Gasteiger partial charge in [0.25, 0.3) is 5.91 Å². The van der Waals surface area contributed by atoms with Gasteiger partial charge in [0.1, 0.15) is 11.8 Å². The van der Waals surface area contributed by atoms with E-state index >= 15 is 0 Å². The standard InChI is InChI=1S/C13H16BrNO4/c1-7(2)19-11-5-9(4-10(14)6-11)12(16)15-8(3)13(17)18/h4-8H,1-3H3,(H,15,16)(H,17,18). The minimum Gasteiger partial charge on any atom is -0.491 e. The summed E-state index contributed by atoms with van der Waals surface area (Å²) in [5.41, 5.74) is 0.345. The van der Waals surface area contributed by atoms with Gasteiger partial charge in [-0.1, -0.05) is 15.9 Å². The Hall–Kier alpha value is -1.56. The Bertz CT molecular complexity index is 488. The topological polar surface area (TPSA) is 75.6 Å². The maximum absolute atomic E-state index is 11.9. The van der Waals surface area contributed by atoms with Crippen molar-refractivity contribution in [2.24, 2.45) is 0 Å². The molecule has 0 saturated carbocycles. The SMILES string of the molecule is CC(C)Oc1cc(Br)cc(C(=O)NC(C)C(=O)O)c1. The first-order chi connectivity index (χ1) is 8.79. The smallest absolute Gasteiger partial charge is 0.325 e. The van der Waals surface area contributed by atoms with Crippen LogP contribution in [0.5, 0.6) is 5.75 Å². The molecule has 2 N–H and O–H groups in total. The van der Waals surface area contributed by atoms with Gasteiger partial charge in [-0.05, 0) is 39.0 Å². The second kappa shape index (κ2) is 6.56. The fraction of sp³-hybridized carbons (Fsp3) is 0.385. The van der Waals surface area contributed by atoms with Gasteiger partial charge in [0, 0.05) is 10.0 Å². The lowest BCUT2D eigenvalue weighted by molar-refractivity contribution is -0.138. The highest BCUT2D eigenvalue weighted by atomic mass is 79.9. The predicted molar refractivity (Wildman–Crippen MR) is 74.5 cm³/mol. The average molecular weight is 330 g/mol. The molecule has 1 atom stereocenters. The molecule has 1 aromatic carbocycles. The number of ether oxygens (including phenoxy) is 1. The molecule has 0 aliphatic rings. The van der Waals surface area contributed by atoms with Gasteiger partial charge >= 0.3 is 5.97 Å². The molecule has 104 valence electrons. The number of amides is 1. The second-order valence-electron chi connectivity index (χ2n) is 4.38. The first-order valence-electron chi connectivity index (χ1n) is 5.80. The lowest BCUT2D eigenvalue weighted by Gasteiger charge is -2.13. The molecule has 0 bridgehead atoms. The highest BCUT2D eigenvalue weighted by Gasteiger charge is 2.16. The summed E-state index contributed by atoms with van der Waals surface area (Å²) in [6, 6.07) is 3.99. The highest BCUT2D eigenvalue weighted by molar-refractivity contribution is 9.10. The molecule has 0 spiro atoms. The molecule has 0 aliphatic carbocycles. The zero-order chi connectivity index (χ0) is 14.6. The van der Waals surface area contributed by atoms with Gasteiger partial charge in [-0.3, -0.25) is 9.59 Å². The van der Waals surface area contributed by atoms with E-state index in [2.05, 4.69) is 21.2 Å². The molecule has 1 amide bonds. The van der Waals surface area contributed by atoms with Crippen LogP contribution in [-0.4, -0.2) is 29.1 Å². The Labute approximate surface area is 120 Å². The van der Waals surface area contributed by atoms with Crippen molar-refractivity contribution in [3.63, 3.8) is 0 Å². The van der Waals surface area contributed by atoms with E-state index < -0.39 is 17.9 Å². The first-order valence-corrected chi connectivity index (χ1v) is 6.60. The van der Waals surface area contributed by atoms with E-state index in [4.69, 9.17) is 9.84 Å². The third-order valence-electron chi connectivity index (χ3n) is 2.22. The number of rotatable bonds is 5. The molecule has 0 aromatic heterocycles. The number of aliphatic carboxylic acids is 1. The Kier molecular flexibility index (Phi) is 5.35. The summed E-state index contributed by atoms with van der Waals surface area (Å²) in [6.07, 6.45) is -0.0110. The highest BCUT2D eigenvalue weighted by Crippen LogP contribution is 2.22. The van der Waals surface area contributed by atoms with Crippen molar-refractivity contribution in [2.45, 2.75) is 32.9 Å². The van der Waals surface area contributed by atoms with Crippen molar-refractivity contribution >= 4 is 27.8 Å². The molecule has 5 nitrogen and oxygen atoms in total. The Morgan fingerprint density at radius 2 is 1.89 bits per heavy atom. The minimum absolute atomic E-state index is 0.0110. The van der Waals surface area contributed by atoms with Gasteiger partial charge in [0.2, 0.25) is 0 Å². The molecule has 1 rings (SSSR count). The van der Waals surface area contributed by atoms with Gasteiger partial charge in [0.15, 0.2) is 0 Å². The monoisotopic (exact) mass is 329 g/mol. The predicted octanol–water partition coefficient (Wildman–Crippen LogP) is 2.44. The summed E-state index contributed by atoms with van der Waals surface area (Å²) in [6.45, 7) is 5.17. The molecule has 1 aromatic rings. The van der Waals surface area contributed by atoms with Crippen LogP contribution in [0.3, 0.4) is 0 Å². The van der Waals surface area contributed by atoms with E-state index in [0.29, 0.717) is 15.8 Å². The van der Waals surface area contributed by atoms with Crippen LogP contribution < -0.4 is 10.1 Å². The zero-order valence-corrected chi connectivity index (χ0v) is 12.5. The van der Waals surface area contributed by atoms with Gasteiger partial charge in [-0.25, -0.2) is 0 Å². The second-order valence-corrected chi connectivity index (χ2v) is 5.29. The quantitative estimate of drug-likeness (QED) is 0.869. The zero-order valence-electron chi connectivity index (χ0n) is 10.9. The van der Waals surface area contributed by atoms with Crippen molar-refractivity contribution in [3.05, 3.63) is 28.2 Å². The largest absolute Gasteiger partial charge is 0.491 e. The van der Waals surface area contributed by atoms with Crippen molar-refractivity contribution in [3.8, 4) is 5.75 Å². The number of hydrogen-bond donors (Lipinski definition) is 2. The van der Waals surface area contributed by atoms with E-state index in [1.807, 2.05) is 13.8 Å². The number of hydrogen-bond acceptors (Lipinski definition) is 3. The summed E-state index contributed by atoms with van der Waals surface area (Å²) in [5.74, 6) is -0.982. The van der Waals surface area contributed by atoms with E-state index in [-0.39, 0.29) is 6.10 Å². The Balaban J connectivity index is 2.90. The third-order valence-corrected chi connectivity index (χ3v) is 2.68. The van der Waals surface area contributed by atoms with Crippen LogP contribution in [0, 0.1) is 0 Å². The van der Waals surface area contributed by atoms with Gasteiger partial charge in [-0.2, -0.15) is 0 Å². The molecule has 19 heavy (non-hydrogen) atoms. The van der Waals surface area contributed by atoms with Crippen LogP contribution in [0.4, 0.5) is 0 Å². The van der Waals surface area contributed by atoms with Crippen LogP contribution in [0.25, 0.3) is 0 Å². The number of carboxylic acids is 1. The maximum Gasteiger partial charge on any atom is 0.325 e. The first kappa shape index (κ1) is 15.5. The Morgan fingerprint density at radius 1 is 1.26 bits per heavy atom. The molecular weight excluding hydrogens is 314 g/mol. The minimum atomic E-state index is -1.08. The number of nitrogens with one attached hydrogen (secondary N) is 1. The number of carbonyl (C=O) groups is 2. The Morgan fingerprint density at radius 3 is 2.42 bits per heavy atom. The van der Waals surface area contributed by atoms with Crippen molar-refractivity contribution in [1.29, 1.82) is 0 Å². The van der Waals surface area contributed by atoms with E-state index in [1.54, 1.807) is 18.2 Å². The fourth-order valence-electron chi connectivity index (χ4n) is 1.38. The van der Waals surface area contributed by atoms with Gasteiger partial charge < -0.3 is 15.2 Å². The molecule has 0 fully saturated rings. The molecule has 0 radical (unpaired) electrons. The summed E-state index contributed by atoms with van der Waals surface area (Å²) >= 11 is 3.29. The molecule has 1 unspecified atom stereocenters. The molecule has 0 aliphatic heterocycles. The maximum atomic E-state index is 11.9. The van der Waals surface area contributed by atoms with Gasteiger partial charge in [-0.15, -0.1) is 0 Å². The lowest BCUT2D eigenvalue weighted by atomic mass is 10.2. The summed E-state index contributed by atoms with van der Waals surface area (Å²) in [4.78, 5) is 22.6. The summed E-state index contributed by atoms with van der Waals surface area (Å²) < 4.78 is 6.21. The van der Waals surface area contributed by atoms with E-state index in [9.17, 15) is 9.59 Å². The molecule has 0 heterocycles. The van der Waals surface area contributed by atoms with Crippen LogP contribution in [0.15, 0.2) is 22.7 Å². The fourth-order valence-corrected chi connectivity index (χ4v) is 1.85. The summed E-state index contributed by atoms with van der Waals surface area (Å²) in [5, 5.41) is 11.1. The molecule has 6 heteroatoms. The number of halogens is 1. The van der Waals surface area contributed by atoms with E-state index in [0.717, 1.165) is 0 Å². The summed E-state index contributed by atoms with van der Waals surface area (Å²) in [7, 11) is 0. The van der Waals surface area contributed by atoms with Crippen LogP contribution >= 0.6 is 15.9 Å². The number of carbonyl (C=O) groups excluding carboxylic acids is 1. The van der Waals surface area contributed by atoms with Crippen molar-refractivity contribution in [2.75, 3.05) is 0 Å². The van der Waals surface area contributed by atoms with Crippen LogP contribution in [0.1, 0.15) is 31.1 Å². The van der Waals surface area contributed by atoms with Crippen LogP contribution in [-0.2, 0) is 4.79 Å².